The molecule has 0 saturated heterocycles. The van der Waals surface area contributed by atoms with Crippen molar-refractivity contribution in [1.29, 1.82) is 0 Å². The van der Waals surface area contributed by atoms with E-state index in [0.29, 0.717) is 22.9 Å². The Hall–Kier alpha value is -1.65. The van der Waals surface area contributed by atoms with Crippen molar-refractivity contribution in [2.45, 2.75) is 13.3 Å². The first kappa shape index (κ1) is 15.7. The predicted molar refractivity (Wildman–Crippen MR) is 90.5 cm³/mol. The first-order valence-corrected chi connectivity index (χ1v) is 7.38. The Morgan fingerprint density at radius 1 is 1.19 bits per heavy atom. The molecule has 2 rings (SSSR count). The smallest absolute Gasteiger partial charge is 0.170 e. The highest BCUT2D eigenvalue weighted by Crippen LogP contribution is 2.13. The van der Waals surface area contributed by atoms with Crippen LogP contribution < -0.4 is 10.6 Å². The van der Waals surface area contributed by atoms with E-state index in [4.69, 9.17) is 23.8 Å². The molecule has 0 aliphatic rings. The number of benzene rings is 2. The molecule has 5 heteroatoms. The molecule has 0 unspecified atom stereocenters. The molecule has 0 amide bonds. The van der Waals surface area contributed by atoms with Gasteiger partial charge in [-0.05, 0) is 61.0 Å². The summed E-state index contributed by atoms with van der Waals surface area (Å²) in [6, 6.07) is 12.6. The van der Waals surface area contributed by atoms with Crippen LogP contribution in [0.4, 0.5) is 10.1 Å². The largest absolute Gasteiger partial charge is 0.362 e. The average Bonchev–Trinajstić information content (AvgIpc) is 2.45. The van der Waals surface area contributed by atoms with E-state index in [1.807, 2.05) is 24.3 Å². The van der Waals surface area contributed by atoms with Crippen LogP contribution in [0, 0.1) is 12.7 Å². The number of hydrogen-bond donors (Lipinski definition) is 2. The predicted octanol–water partition coefficient (Wildman–Crippen LogP) is 4.32. The summed E-state index contributed by atoms with van der Waals surface area (Å²) >= 11 is 11.0. The van der Waals surface area contributed by atoms with Crippen LogP contribution in [-0.2, 0) is 6.42 Å². The summed E-state index contributed by atoms with van der Waals surface area (Å²) < 4.78 is 13.4. The number of thiocarbonyl (C=S) groups is 1. The van der Waals surface area contributed by atoms with Crippen molar-refractivity contribution in [3.63, 3.8) is 0 Å². The zero-order chi connectivity index (χ0) is 15.2. The molecule has 0 spiro atoms. The molecule has 2 nitrogen and oxygen atoms in total. The lowest BCUT2D eigenvalue weighted by atomic mass is 10.1. The maximum absolute atomic E-state index is 13.4. The second kappa shape index (κ2) is 7.38. The van der Waals surface area contributed by atoms with Gasteiger partial charge in [0, 0.05) is 17.3 Å². The van der Waals surface area contributed by atoms with Crippen LogP contribution in [0.2, 0.25) is 5.02 Å². The Morgan fingerprint density at radius 3 is 2.57 bits per heavy atom. The van der Waals surface area contributed by atoms with Gasteiger partial charge in [-0.1, -0.05) is 29.8 Å². The van der Waals surface area contributed by atoms with Gasteiger partial charge in [0.05, 0.1) is 0 Å². The van der Waals surface area contributed by atoms with Crippen LogP contribution in [0.1, 0.15) is 11.1 Å². The van der Waals surface area contributed by atoms with Crippen molar-refractivity contribution in [1.82, 2.24) is 5.32 Å². The lowest BCUT2D eigenvalue weighted by molar-refractivity contribution is 0.619. The molecule has 0 saturated carbocycles. The third kappa shape index (κ3) is 4.99. The minimum atomic E-state index is -0.246. The van der Waals surface area contributed by atoms with Crippen LogP contribution in [0.25, 0.3) is 0 Å². The fourth-order valence-corrected chi connectivity index (χ4v) is 2.16. The molecular weight excluding hydrogens is 307 g/mol. The summed E-state index contributed by atoms with van der Waals surface area (Å²) in [6.07, 6.45) is 0.835. The molecule has 21 heavy (non-hydrogen) atoms. The SMILES string of the molecule is Cc1ccc(NC(=S)NCCc2ccc(Cl)cc2)cc1F. The van der Waals surface area contributed by atoms with E-state index < -0.39 is 0 Å². The van der Waals surface area contributed by atoms with E-state index in [1.54, 1.807) is 19.1 Å². The van der Waals surface area contributed by atoms with Crippen molar-refractivity contribution >= 4 is 34.6 Å². The topological polar surface area (TPSA) is 24.1 Å². The van der Waals surface area contributed by atoms with Crippen LogP contribution in [0.3, 0.4) is 0 Å². The highest BCUT2D eigenvalue weighted by atomic mass is 35.5. The van der Waals surface area contributed by atoms with Crippen molar-refractivity contribution < 1.29 is 4.39 Å². The van der Waals surface area contributed by atoms with Crippen molar-refractivity contribution in [3.05, 3.63) is 64.4 Å². The number of halogens is 2. The van der Waals surface area contributed by atoms with Crippen LogP contribution in [-0.4, -0.2) is 11.7 Å². The number of aryl methyl sites for hydroxylation is 1. The fourth-order valence-electron chi connectivity index (χ4n) is 1.82. The summed E-state index contributed by atoms with van der Waals surface area (Å²) in [4.78, 5) is 0. The first-order chi connectivity index (χ1) is 10.0. The van der Waals surface area contributed by atoms with Gasteiger partial charge < -0.3 is 10.6 Å². The monoisotopic (exact) mass is 322 g/mol. The number of rotatable bonds is 4. The third-order valence-corrected chi connectivity index (χ3v) is 3.54. The summed E-state index contributed by atoms with van der Waals surface area (Å²) in [5, 5.41) is 7.26. The summed E-state index contributed by atoms with van der Waals surface area (Å²) in [5.74, 6) is -0.246. The Bertz CT molecular complexity index is 629. The van der Waals surface area contributed by atoms with E-state index in [1.165, 1.54) is 11.6 Å². The normalized spacial score (nSPS) is 10.2. The molecule has 2 N–H and O–H groups in total. The van der Waals surface area contributed by atoms with Gasteiger partial charge in [-0.3, -0.25) is 0 Å². The second-order valence-electron chi connectivity index (χ2n) is 4.72. The van der Waals surface area contributed by atoms with Gasteiger partial charge in [0.1, 0.15) is 5.82 Å². The van der Waals surface area contributed by atoms with Crippen LogP contribution in [0.15, 0.2) is 42.5 Å². The van der Waals surface area contributed by atoms with E-state index in [-0.39, 0.29) is 5.82 Å². The Labute approximate surface area is 134 Å². The Morgan fingerprint density at radius 2 is 1.90 bits per heavy atom. The van der Waals surface area contributed by atoms with Crippen molar-refractivity contribution in [3.8, 4) is 0 Å². The van der Waals surface area contributed by atoms with E-state index >= 15 is 0 Å². The number of nitrogens with one attached hydrogen (secondary N) is 2. The van der Waals surface area contributed by atoms with E-state index in [0.717, 1.165) is 11.4 Å². The molecule has 2 aromatic rings. The lowest BCUT2D eigenvalue weighted by Gasteiger charge is -2.11. The van der Waals surface area contributed by atoms with Gasteiger partial charge >= 0.3 is 0 Å². The first-order valence-electron chi connectivity index (χ1n) is 6.60. The zero-order valence-corrected chi connectivity index (χ0v) is 13.2. The molecule has 0 radical (unpaired) electrons. The number of hydrogen-bond acceptors (Lipinski definition) is 1. The molecule has 0 heterocycles. The van der Waals surface area contributed by atoms with Gasteiger partial charge in [-0.2, -0.15) is 0 Å². The maximum atomic E-state index is 13.4. The fraction of sp³-hybridized carbons (Fsp3) is 0.188. The van der Waals surface area contributed by atoms with Crippen molar-refractivity contribution in [2.75, 3.05) is 11.9 Å². The van der Waals surface area contributed by atoms with Gasteiger partial charge in [-0.25, -0.2) is 4.39 Å². The molecule has 0 fully saturated rings. The van der Waals surface area contributed by atoms with Gasteiger partial charge in [0.2, 0.25) is 0 Å². The van der Waals surface area contributed by atoms with Gasteiger partial charge in [0.15, 0.2) is 5.11 Å². The molecule has 2 aromatic carbocycles. The van der Waals surface area contributed by atoms with Crippen molar-refractivity contribution in [2.24, 2.45) is 0 Å². The molecule has 110 valence electrons. The zero-order valence-electron chi connectivity index (χ0n) is 11.6. The van der Waals surface area contributed by atoms with E-state index in [2.05, 4.69) is 10.6 Å². The molecule has 0 atom stereocenters. The minimum absolute atomic E-state index is 0.246. The molecule has 0 bridgehead atoms. The molecular formula is C16H16ClFN2S. The number of anilines is 1. The maximum Gasteiger partial charge on any atom is 0.170 e. The summed E-state index contributed by atoms with van der Waals surface area (Å²) in [5.41, 5.74) is 2.43. The Balaban J connectivity index is 1.79. The third-order valence-electron chi connectivity index (χ3n) is 3.04. The second-order valence-corrected chi connectivity index (χ2v) is 5.57. The van der Waals surface area contributed by atoms with Crippen LogP contribution >= 0.6 is 23.8 Å². The summed E-state index contributed by atoms with van der Waals surface area (Å²) in [7, 11) is 0. The summed E-state index contributed by atoms with van der Waals surface area (Å²) in [6.45, 7) is 2.42. The standard InChI is InChI=1S/C16H16ClFN2S/c1-11-2-7-14(10-15(11)18)20-16(21)19-9-8-12-3-5-13(17)6-4-12/h2-7,10H,8-9H2,1H3,(H2,19,20,21). The highest BCUT2D eigenvalue weighted by Gasteiger charge is 2.01. The molecule has 0 aliphatic carbocycles. The quantitative estimate of drug-likeness (QED) is 0.820. The van der Waals surface area contributed by atoms with E-state index in [9.17, 15) is 4.39 Å². The molecule has 0 aromatic heterocycles. The Kier molecular flexibility index (Phi) is 5.53. The minimum Gasteiger partial charge on any atom is -0.362 e. The van der Waals surface area contributed by atoms with Crippen LogP contribution in [0.5, 0.6) is 0 Å². The molecule has 0 aliphatic heterocycles. The van der Waals surface area contributed by atoms with Gasteiger partial charge in [0.25, 0.3) is 0 Å². The lowest BCUT2D eigenvalue weighted by Crippen LogP contribution is -2.30. The van der Waals surface area contributed by atoms with Gasteiger partial charge in [-0.15, -0.1) is 0 Å². The average molecular weight is 323 g/mol. The highest BCUT2D eigenvalue weighted by molar-refractivity contribution is 7.80.